The molecule has 0 saturated heterocycles. The Morgan fingerprint density at radius 3 is 2.64 bits per heavy atom. The molecular weight excluding hydrogens is 402 g/mol. The number of halogens is 5. The van der Waals surface area contributed by atoms with Crippen LogP contribution in [0.25, 0.3) is 0 Å². The van der Waals surface area contributed by atoms with Crippen LogP contribution in [0.2, 0.25) is 5.02 Å². The highest BCUT2D eigenvalue weighted by molar-refractivity contribution is 6.30. The highest BCUT2D eigenvalue weighted by Gasteiger charge is 2.33. The van der Waals surface area contributed by atoms with Gasteiger partial charge < -0.3 is 10.1 Å². The van der Waals surface area contributed by atoms with Crippen molar-refractivity contribution >= 4 is 23.2 Å². The molecule has 0 aliphatic carbocycles. The second-order valence-corrected chi connectivity index (χ2v) is 5.99. The van der Waals surface area contributed by atoms with Gasteiger partial charge in [0.2, 0.25) is 0 Å². The van der Waals surface area contributed by atoms with E-state index in [4.69, 9.17) is 16.3 Å². The molecule has 0 saturated carbocycles. The van der Waals surface area contributed by atoms with Crippen LogP contribution in [0.4, 0.5) is 23.2 Å². The molecule has 0 aliphatic heterocycles. The maximum Gasteiger partial charge on any atom is 0.418 e. The number of carbonyl (C=O) groups is 1. The largest absolute Gasteiger partial charge is 0.471 e. The Hall–Kier alpha value is -3.07. The maximum atomic E-state index is 13.1. The summed E-state index contributed by atoms with van der Waals surface area (Å²) in [5, 5.41) is 6.03. The molecule has 1 heterocycles. The molecule has 0 atom stereocenters. The van der Waals surface area contributed by atoms with Gasteiger partial charge in [-0.3, -0.25) is 4.79 Å². The van der Waals surface area contributed by atoms with Crippen LogP contribution < -0.4 is 10.1 Å². The standard InChI is InChI=1S/C18H12ClF4N3O2/c19-13-9-11(5-6-14(13)20)28-10-26-8-7-16(25-26)17(27)24-15-4-2-1-3-12(15)18(21,22)23/h1-9H,10H2,(H,24,27). The summed E-state index contributed by atoms with van der Waals surface area (Å²) in [5.41, 5.74) is -1.43. The molecule has 3 rings (SSSR count). The second-order valence-electron chi connectivity index (χ2n) is 5.59. The van der Waals surface area contributed by atoms with Crippen LogP contribution in [0.1, 0.15) is 16.1 Å². The molecule has 0 bridgehead atoms. The summed E-state index contributed by atoms with van der Waals surface area (Å²) in [4.78, 5) is 12.2. The molecule has 146 valence electrons. The molecule has 1 aromatic heterocycles. The number of nitrogens with one attached hydrogen (secondary N) is 1. The molecule has 0 fully saturated rings. The SMILES string of the molecule is O=C(Nc1ccccc1C(F)(F)F)c1ccn(COc2ccc(F)c(Cl)c2)n1. The zero-order valence-electron chi connectivity index (χ0n) is 14.0. The normalized spacial score (nSPS) is 11.3. The number of para-hydroxylation sites is 1. The van der Waals surface area contributed by atoms with Crippen LogP contribution in [0.3, 0.4) is 0 Å². The van der Waals surface area contributed by atoms with E-state index in [2.05, 4.69) is 10.4 Å². The first-order chi connectivity index (χ1) is 13.2. The van der Waals surface area contributed by atoms with Crippen molar-refractivity contribution in [3.05, 3.63) is 76.8 Å². The minimum absolute atomic E-state index is 0.0993. The Bertz CT molecular complexity index is 1000. The minimum atomic E-state index is -4.60. The Labute approximate surface area is 161 Å². The van der Waals surface area contributed by atoms with Gasteiger partial charge in [0.15, 0.2) is 12.4 Å². The molecule has 5 nitrogen and oxygen atoms in total. The highest BCUT2D eigenvalue weighted by Crippen LogP contribution is 2.34. The molecule has 3 aromatic rings. The smallest absolute Gasteiger partial charge is 0.418 e. The third-order valence-electron chi connectivity index (χ3n) is 3.61. The molecule has 0 unspecified atom stereocenters. The number of rotatable bonds is 5. The molecule has 0 spiro atoms. The number of ether oxygens (including phenoxy) is 1. The van der Waals surface area contributed by atoms with Crippen molar-refractivity contribution in [1.29, 1.82) is 0 Å². The zero-order chi connectivity index (χ0) is 20.3. The number of amides is 1. The van der Waals surface area contributed by atoms with Gasteiger partial charge >= 0.3 is 6.18 Å². The topological polar surface area (TPSA) is 56.2 Å². The number of alkyl halides is 3. The van der Waals surface area contributed by atoms with Gasteiger partial charge in [0.25, 0.3) is 5.91 Å². The molecule has 0 aliphatic rings. The van der Waals surface area contributed by atoms with Gasteiger partial charge in [-0.05, 0) is 30.3 Å². The van der Waals surface area contributed by atoms with E-state index in [1.807, 2.05) is 0 Å². The van der Waals surface area contributed by atoms with Crippen molar-refractivity contribution in [2.24, 2.45) is 0 Å². The van der Waals surface area contributed by atoms with Gasteiger partial charge in [-0.25, -0.2) is 9.07 Å². The molecule has 10 heteroatoms. The monoisotopic (exact) mass is 413 g/mol. The quantitative estimate of drug-likeness (QED) is 0.600. The number of nitrogens with zero attached hydrogens (tertiary/aromatic N) is 2. The fourth-order valence-corrected chi connectivity index (χ4v) is 2.46. The third kappa shape index (κ3) is 4.61. The Balaban J connectivity index is 1.67. The first-order valence-corrected chi connectivity index (χ1v) is 8.21. The van der Waals surface area contributed by atoms with Gasteiger partial charge in [0.1, 0.15) is 11.6 Å². The summed E-state index contributed by atoms with van der Waals surface area (Å²) < 4.78 is 58.7. The van der Waals surface area contributed by atoms with Crippen LogP contribution in [-0.4, -0.2) is 15.7 Å². The van der Waals surface area contributed by atoms with Gasteiger partial charge in [-0.1, -0.05) is 23.7 Å². The summed E-state index contributed by atoms with van der Waals surface area (Å²) in [5.74, 6) is -1.11. The van der Waals surface area contributed by atoms with E-state index in [0.717, 1.165) is 18.2 Å². The van der Waals surface area contributed by atoms with E-state index in [-0.39, 0.29) is 28.9 Å². The lowest BCUT2D eigenvalue weighted by atomic mass is 10.1. The fourth-order valence-electron chi connectivity index (χ4n) is 2.29. The molecule has 0 radical (unpaired) electrons. The van der Waals surface area contributed by atoms with Crippen molar-refractivity contribution in [1.82, 2.24) is 9.78 Å². The average molecular weight is 414 g/mol. The number of benzene rings is 2. The number of hydrogen-bond acceptors (Lipinski definition) is 3. The third-order valence-corrected chi connectivity index (χ3v) is 3.90. The van der Waals surface area contributed by atoms with Crippen LogP contribution in [-0.2, 0) is 12.9 Å². The number of anilines is 1. The van der Waals surface area contributed by atoms with Crippen molar-refractivity contribution in [3.63, 3.8) is 0 Å². The lowest BCUT2D eigenvalue weighted by Crippen LogP contribution is -2.17. The van der Waals surface area contributed by atoms with E-state index < -0.39 is 23.5 Å². The van der Waals surface area contributed by atoms with E-state index >= 15 is 0 Å². The number of aromatic nitrogens is 2. The number of carbonyl (C=O) groups excluding carboxylic acids is 1. The lowest BCUT2D eigenvalue weighted by Gasteiger charge is -2.12. The maximum absolute atomic E-state index is 13.1. The lowest BCUT2D eigenvalue weighted by molar-refractivity contribution is -0.136. The molecule has 1 N–H and O–H groups in total. The first kappa shape index (κ1) is 19.7. The zero-order valence-corrected chi connectivity index (χ0v) is 14.8. The van der Waals surface area contributed by atoms with Crippen molar-refractivity contribution in [3.8, 4) is 5.75 Å². The van der Waals surface area contributed by atoms with Gasteiger partial charge in [-0.2, -0.15) is 18.3 Å². The first-order valence-electron chi connectivity index (χ1n) is 7.83. The fraction of sp³-hybridized carbons (Fsp3) is 0.111. The van der Waals surface area contributed by atoms with Crippen LogP contribution in [0.15, 0.2) is 54.7 Å². The van der Waals surface area contributed by atoms with E-state index in [1.165, 1.54) is 41.2 Å². The van der Waals surface area contributed by atoms with E-state index in [9.17, 15) is 22.4 Å². The minimum Gasteiger partial charge on any atom is -0.471 e. The van der Waals surface area contributed by atoms with Crippen molar-refractivity contribution in [2.75, 3.05) is 5.32 Å². The molecule has 1 amide bonds. The summed E-state index contributed by atoms with van der Waals surface area (Å²) in [6.45, 7) is -0.117. The predicted molar refractivity (Wildman–Crippen MR) is 93.7 cm³/mol. The van der Waals surface area contributed by atoms with E-state index in [1.54, 1.807) is 0 Å². The Morgan fingerprint density at radius 1 is 1.18 bits per heavy atom. The summed E-state index contributed by atoms with van der Waals surface area (Å²) >= 11 is 5.65. The van der Waals surface area contributed by atoms with Gasteiger partial charge in [-0.15, -0.1) is 0 Å². The van der Waals surface area contributed by atoms with Crippen LogP contribution in [0.5, 0.6) is 5.75 Å². The second kappa shape index (κ2) is 7.89. The van der Waals surface area contributed by atoms with E-state index in [0.29, 0.717) is 0 Å². The van der Waals surface area contributed by atoms with Crippen LogP contribution >= 0.6 is 11.6 Å². The highest BCUT2D eigenvalue weighted by atomic mass is 35.5. The van der Waals surface area contributed by atoms with Gasteiger partial charge in [0.05, 0.1) is 16.3 Å². The predicted octanol–water partition coefficient (Wildman–Crippen LogP) is 4.98. The Kier molecular flexibility index (Phi) is 5.55. The van der Waals surface area contributed by atoms with Crippen molar-refractivity contribution in [2.45, 2.75) is 12.9 Å². The van der Waals surface area contributed by atoms with Crippen LogP contribution in [0, 0.1) is 5.82 Å². The number of hydrogen-bond donors (Lipinski definition) is 1. The average Bonchev–Trinajstić information content (AvgIpc) is 3.11. The molecule has 28 heavy (non-hydrogen) atoms. The van der Waals surface area contributed by atoms with Crippen molar-refractivity contribution < 1.29 is 27.1 Å². The Morgan fingerprint density at radius 2 is 1.93 bits per heavy atom. The summed E-state index contributed by atoms with van der Waals surface area (Å²) in [7, 11) is 0. The van der Waals surface area contributed by atoms with Gasteiger partial charge in [0, 0.05) is 12.3 Å². The summed E-state index contributed by atoms with van der Waals surface area (Å²) in [6, 6.07) is 9.74. The molecular formula is C18H12ClF4N3O2. The summed E-state index contributed by atoms with van der Waals surface area (Å²) in [6.07, 6.45) is -3.19. The molecule has 2 aromatic carbocycles.